The highest BCUT2D eigenvalue weighted by Crippen LogP contribution is 2.26. The van der Waals surface area contributed by atoms with Crippen LogP contribution in [0.5, 0.6) is 5.75 Å². The minimum atomic E-state index is -0.754. The van der Waals surface area contributed by atoms with Crippen molar-refractivity contribution in [2.45, 2.75) is 18.0 Å². The van der Waals surface area contributed by atoms with Gasteiger partial charge >= 0.3 is 5.97 Å². The topological polar surface area (TPSA) is 64.3 Å². The zero-order chi connectivity index (χ0) is 13.8. The fourth-order valence-corrected chi connectivity index (χ4v) is 2.73. The summed E-state index contributed by atoms with van der Waals surface area (Å²) in [6.45, 7) is 0. The van der Waals surface area contributed by atoms with E-state index < -0.39 is 5.97 Å². The summed E-state index contributed by atoms with van der Waals surface area (Å²) in [6.07, 6.45) is 0.845. The van der Waals surface area contributed by atoms with Crippen LogP contribution in [0.4, 0.5) is 0 Å². The number of nitrogens with zero attached hydrogens (tertiary/aromatic N) is 2. The van der Waals surface area contributed by atoms with Crippen LogP contribution in [0.1, 0.15) is 12.8 Å². The standard InChI is InChI=1S/C13H16N2O3S/c1-15-11-6-5-9(18-2)8-10(11)14-13(15)19-7-3-4-12(16)17/h5-6,8H,3-4,7H2,1-2H3,(H,16,17). The highest BCUT2D eigenvalue weighted by atomic mass is 32.2. The fourth-order valence-electron chi connectivity index (χ4n) is 1.80. The summed E-state index contributed by atoms with van der Waals surface area (Å²) in [4.78, 5) is 15.0. The second-order valence-corrected chi connectivity index (χ2v) is 5.22. The fraction of sp³-hybridized carbons (Fsp3) is 0.385. The first-order chi connectivity index (χ1) is 9.11. The van der Waals surface area contributed by atoms with Crippen molar-refractivity contribution in [2.75, 3.05) is 12.9 Å². The molecule has 0 aliphatic rings. The molecule has 0 fully saturated rings. The van der Waals surface area contributed by atoms with Gasteiger partial charge in [0.15, 0.2) is 5.16 Å². The molecule has 0 aliphatic heterocycles. The number of aliphatic carboxylic acids is 1. The third kappa shape index (κ3) is 3.20. The number of carbonyl (C=O) groups is 1. The summed E-state index contributed by atoms with van der Waals surface area (Å²) in [5.41, 5.74) is 1.93. The van der Waals surface area contributed by atoms with Gasteiger partial charge in [0.1, 0.15) is 5.75 Å². The van der Waals surface area contributed by atoms with E-state index in [0.717, 1.165) is 27.7 Å². The van der Waals surface area contributed by atoms with Crippen molar-refractivity contribution >= 4 is 28.8 Å². The van der Waals surface area contributed by atoms with Crippen LogP contribution in [0.3, 0.4) is 0 Å². The Balaban J connectivity index is 2.10. The molecular weight excluding hydrogens is 264 g/mol. The molecule has 1 aromatic heterocycles. The Morgan fingerprint density at radius 1 is 1.53 bits per heavy atom. The number of fused-ring (bicyclic) bond motifs is 1. The number of imidazole rings is 1. The van der Waals surface area contributed by atoms with Gasteiger partial charge in [0.2, 0.25) is 0 Å². The molecule has 0 atom stereocenters. The average Bonchev–Trinajstić information content (AvgIpc) is 2.71. The molecule has 2 aromatic rings. The van der Waals surface area contributed by atoms with Crippen molar-refractivity contribution < 1.29 is 14.6 Å². The van der Waals surface area contributed by atoms with Gasteiger partial charge in [0, 0.05) is 25.3 Å². The van der Waals surface area contributed by atoms with E-state index in [-0.39, 0.29) is 6.42 Å². The first kappa shape index (κ1) is 13.7. The molecule has 5 nitrogen and oxygen atoms in total. The zero-order valence-electron chi connectivity index (χ0n) is 10.9. The molecule has 1 heterocycles. The number of aryl methyl sites for hydroxylation is 1. The summed E-state index contributed by atoms with van der Waals surface area (Å²) in [5, 5.41) is 9.49. The molecule has 6 heteroatoms. The number of aromatic nitrogens is 2. The van der Waals surface area contributed by atoms with E-state index in [9.17, 15) is 4.79 Å². The molecule has 2 rings (SSSR count). The van der Waals surface area contributed by atoms with E-state index in [1.165, 1.54) is 0 Å². The maximum atomic E-state index is 10.4. The van der Waals surface area contributed by atoms with Crippen LogP contribution in [-0.4, -0.2) is 33.5 Å². The Bertz CT molecular complexity index is 595. The molecule has 19 heavy (non-hydrogen) atoms. The Labute approximate surface area is 115 Å². The van der Waals surface area contributed by atoms with Crippen LogP contribution in [-0.2, 0) is 11.8 Å². The van der Waals surface area contributed by atoms with Crippen LogP contribution in [0.15, 0.2) is 23.4 Å². The highest BCUT2D eigenvalue weighted by Gasteiger charge is 2.09. The molecule has 0 spiro atoms. The summed E-state index contributed by atoms with van der Waals surface area (Å²) >= 11 is 1.58. The van der Waals surface area contributed by atoms with Crippen molar-refractivity contribution in [1.82, 2.24) is 9.55 Å². The molecule has 1 N–H and O–H groups in total. The third-order valence-corrected chi connectivity index (χ3v) is 3.93. The van der Waals surface area contributed by atoms with E-state index in [2.05, 4.69) is 4.98 Å². The summed E-state index contributed by atoms with van der Waals surface area (Å²) < 4.78 is 7.19. The Morgan fingerprint density at radius 3 is 3.00 bits per heavy atom. The van der Waals surface area contributed by atoms with Crippen LogP contribution in [0.2, 0.25) is 0 Å². The average molecular weight is 280 g/mol. The largest absolute Gasteiger partial charge is 0.497 e. The lowest BCUT2D eigenvalue weighted by atomic mass is 10.3. The third-order valence-electron chi connectivity index (χ3n) is 2.81. The van der Waals surface area contributed by atoms with Crippen molar-refractivity contribution in [2.24, 2.45) is 7.05 Å². The second-order valence-electron chi connectivity index (χ2n) is 4.15. The summed E-state index contributed by atoms with van der Waals surface area (Å²) in [7, 11) is 3.59. The van der Waals surface area contributed by atoms with E-state index in [1.54, 1.807) is 18.9 Å². The number of ether oxygens (including phenoxy) is 1. The quantitative estimate of drug-likeness (QED) is 0.650. The molecule has 0 radical (unpaired) electrons. The lowest BCUT2D eigenvalue weighted by Gasteiger charge is -2.01. The van der Waals surface area contributed by atoms with Gasteiger partial charge < -0.3 is 14.4 Å². The minimum Gasteiger partial charge on any atom is -0.497 e. The summed E-state index contributed by atoms with van der Waals surface area (Å²) in [6, 6.07) is 5.78. The first-order valence-corrected chi connectivity index (χ1v) is 6.95. The molecule has 0 unspecified atom stereocenters. The Kier molecular flexibility index (Phi) is 4.31. The number of thioether (sulfide) groups is 1. The predicted molar refractivity (Wildman–Crippen MR) is 74.9 cm³/mol. The Hall–Kier alpha value is -1.69. The van der Waals surface area contributed by atoms with Crippen LogP contribution in [0, 0.1) is 0 Å². The number of methoxy groups -OCH3 is 1. The molecule has 0 saturated heterocycles. The van der Waals surface area contributed by atoms with Crippen LogP contribution >= 0.6 is 11.8 Å². The first-order valence-electron chi connectivity index (χ1n) is 5.97. The second kappa shape index (κ2) is 5.97. The number of hydrogen-bond acceptors (Lipinski definition) is 4. The monoisotopic (exact) mass is 280 g/mol. The number of rotatable bonds is 6. The maximum absolute atomic E-state index is 10.4. The van der Waals surface area contributed by atoms with Gasteiger partial charge in [0.05, 0.1) is 18.1 Å². The van der Waals surface area contributed by atoms with Crippen molar-refractivity contribution in [3.8, 4) is 5.75 Å². The Morgan fingerprint density at radius 2 is 2.32 bits per heavy atom. The molecule has 0 saturated carbocycles. The number of hydrogen-bond donors (Lipinski definition) is 1. The van der Waals surface area contributed by atoms with E-state index in [4.69, 9.17) is 9.84 Å². The molecule has 102 valence electrons. The normalized spacial score (nSPS) is 10.8. The molecule has 0 amide bonds. The van der Waals surface area contributed by atoms with Gasteiger partial charge in [-0.25, -0.2) is 4.98 Å². The van der Waals surface area contributed by atoms with Crippen molar-refractivity contribution in [1.29, 1.82) is 0 Å². The van der Waals surface area contributed by atoms with Gasteiger partial charge in [0.25, 0.3) is 0 Å². The highest BCUT2D eigenvalue weighted by molar-refractivity contribution is 7.99. The van der Waals surface area contributed by atoms with E-state index in [1.807, 2.05) is 29.8 Å². The lowest BCUT2D eigenvalue weighted by molar-refractivity contribution is -0.137. The van der Waals surface area contributed by atoms with Crippen LogP contribution in [0.25, 0.3) is 11.0 Å². The zero-order valence-corrected chi connectivity index (χ0v) is 11.7. The number of carboxylic acids is 1. The smallest absolute Gasteiger partial charge is 0.303 e. The van der Waals surface area contributed by atoms with Gasteiger partial charge in [-0.15, -0.1) is 0 Å². The van der Waals surface area contributed by atoms with Gasteiger partial charge in [-0.05, 0) is 18.6 Å². The van der Waals surface area contributed by atoms with Gasteiger partial charge in [-0.1, -0.05) is 11.8 Å². The van der Waals surface area contributed by atoms with Gasteiger partial charge in [-0.3, -0.25) is 4.79 Å². The molecule has 1 aromatic carbocycles. The predicted octanol–water partition coefficient (Wildman–Crippen LogP) is 2.54. The number of carboxylic acid groups (broad SMARTS) is 1. The summed E-state index contributed by atoms with van der Waals surface area (Å²) in [5.74, 6) is 0.781. The molecule has 0 bridgehead atoms. The van der Waals surface area contributed by atoms with Crippen LogP contribution < -0.4 is 4.74 Å². The molecular formula is C13H16N2O3S. The van der Waals surface area contributed by atoms with E-state index >= 15 is 0 Å². The SMILES string of the molecule is COc1ccc2c(c1)nc(SCCCC(=O)O)n2C. The van der Waals surface area contributed by atoms with Crippen molar-refractivity contribution in [3.63, 3.8) is 0 Å². The van der Waals surface area contributed by atoms with E-state index in [0.29, 0.717) is 6.42 Å². The molecule has 0 aliphatic carbocycles. The maximum Gasteiger partial charge on any atom is 0.303 e. The van der Waals surface area contributed by atoms with Crippen molar-refractivity contribution in [3.05, 3.63) is 18.2 Å². The number of benzene rings is 1. The minimum absolute atomic E-state index is 0.199. The van der Waals surface area contributed by atoms with Gasteiger partial charge in [-0.2, -0.15) is 0 Å². The lowest BCUT2D eigenvalue weighted by Crippen LogP contribution is -1.96.